The standard InChI is InChI=1S/C27H30N8/c1-2-3-19-35-25(29-24(32-35)14-11-21-7-5-4-6-8-21)20-22-9-12-23(13-10-22)27(15-17-28-18-16-27)26-30-33-34-31-26/h4-10,12-13,15,17-18H,2-3,11,14,16,19-20H2,1H3,(H,30,31,33,34). The summed E-state index contributed by atoms with van der Waals surface area (Å²) in [7, 11) is 0. The van der Waals surface area contributed by atoms with Gasteiger partial charge in [0.15, 0.2) is 11.6 Å². The third kappa shape index (κ3) is 5.11. The number of aromatic nitrogens is 7. The van der Waals surface area contributed by atoms with Crippen molar-refractivity contribution in [3.05, 3.63) is 101 Å². The molecule has 8 nitrogen and oxygen atoms in total. The van der Waals surface area contributed by atoms with Gasteiger partial charge in [-0.05, 0) is 35.6 Å². The maximum Gasteiger partial charge on any atom is 0.189 e. The third-order valence-electron chi connectivity index (χ3n) is 6.54. The number of nitrogens with one attached hydrogen (secondary N) is 1. The fourth-order valence-electron chi connectivity index (χ4n) is 4.51. The van der Waals surface area contributed by atoms with E-state index >= 15 is 0 Å². The normalized spacial score (nSPS) is 17.2. The Bertz CT molecular complexity index is 1270. The van der Waals surface area contributed by atoms with Gasteiger partial charge in [-0.15, -0.1) is 10.2 Å². The van der Waals surface area contributed by atoms with Crippen molar-refractivity contribution in [2.45, 2.75) is 57.4 Å². The van der Waals surface area contributed by atoms with Crippen molar-refractivity contribution in [3.8, 4) is 0 Å². The fourth-order valence-corrected chi connectivity index (χ4v) is 4.51. The lowest BCUT2D eigenvalue weighted by Gasteiger charge is -2.28. The minimum Gasteiger partial charge on any atom is -0.269 e. The smallest absolute Gasteiger partial charge is 0.189 e. The summed E-state index contributed by atoms with van der Waals surface area (Å²) in [6.07, 6.45) is 11.2. The molecule has 4 aromatic rings. The van der Waals surface area contributed by atoms with Crippen molar-refractivity contribution < 1.29 is 0 Å². The molecule has 2 aromatic heterocycles. The number of unbranched alkanes of at least 4 members (excludes halogenated alkanes) is 1. The van der Waals surface area contributed by atoms with Crippen molar-refractivity contribution in [2.75, 3.05) is 0 Å². The highest BCUT2D eigenvalue weighted by molar-refractivity contribution is 5.66. The maximum atomic E-state index is 4.93. The van der Waals surface area contributed by atoms with Gasteiger partial charge < -0.3 is 0 Å². The third-order valence-corrected chi connectivity index (χ3v) is 6.54. The van der Waals surface area contributed by atoms with E-state index in [2.05, 4.69) is 85.8 Å². The Balaban J connectivity index is 1.35. The summed E-state index contributed by atoms with van der Waals surface area (Å²) in [5.41, 5.74) is 3.16. The molecule has 1 atom stereocenters. The van der Waals surface area contributed by atoms with Crippen LogP contribution < -0.4 is 0 Å². The molecule has 1 aliphatic rings. The van der Waals surface area contributed by atoms with Crippen LogP contribution in [0.4, 0.5) is 0 Å². The molecule has 0 amide bonds. The van der Waals surface area contributed by atoms with Crippen LogP contribution in [0.15, 0.2) is 71.9 Å². The molecule has 0 fully saturated rings. The number of aliphatic imine (C=N–C) groups is 1. The van der Waals surface area contributed by atoms with Gasteiger partial charge in [0.05, 0.1) is 5.41 Å². The molecular formula is C27H30N8. The largest absolute Gasteiger partial charge is 0.269 e. The zero-order valence-electron chi connectivity index (χ0n) is 20.0. The average Bonchev–Trinajstić information content (AvgIpc) is 3.59. The average molecular weight is 467 g/mol. The molecule has 8 heteroatoms. The molecule has 0 aliphatic carbocycles. The van der Waals surface area contributed by atoms with Crippen molar-refractivity contribution in [1.29, 1.82) is 0 Å². The molecule has 0 bridgehead atoms. The quantitative estimate of drug-likeness (QED) is 0.377. The Morgan fingerprint density at radius 3 is 2.57 bits per heavy atom. The second kappa shape index (κ2) is 10.5. The van der Waals surface area contributed by atoms with Crippen LogP contribution in [0.25, 0.3) is 0 Å². The van der Waals surface area contributed by atoms with Crippen molar-refractivity contribution >= 4 is 6.21 Å². The topological polar surface area (TPSA) is 97.5 Å². The van der Waals surface area contributed by atoms with Gasteiger partial charge in [0.1, 0.15) is 5.82 Å². The molecule has 178 valence electrons. The summed E-state index contributed by atoms with van der Waals surface area (Å²) in [4.78, 5) is 9.17. The minimum absolute atomic E-state index is 0.459. The number of allylic oxidation sites excluding steroid dienone is 1. The lowest BCUT2D eigenvalue weighted by molar-refractivity contribution is 0.545. The lowest BCUT2D eigenvalue weighted by Crippen LogP contribution is -2.29. The number of H-pyrrole nitrogens is 1. The number of aromatic amines is 1. The summed E-state index contributed by atoms with van der Waals surface area (Å²) in [6.45, 7) is 3.10. The zero-order valence-corrected chi connectivity index (χ0v) is 20.0. The first-order valence-corrected chi connectivity index (χ1v) is 12.3. The van der Waals surface area contributed by atoms with E-state index in [4.69, 9.17) is 10.1 Å². The first-order chi connectivity index (χ1) is 17.3. The molecule has 35 heavy (non-hydrogen) atoms. The first-order valence-electron chi connectivity index (χ1n) is 12.3. The fraction of sp³-hybridized carbons (Fsp3) is 0.333. The van der Waals surface area contributed by atoms with Crippen molar-refractivity contribution in [2.24, 2.45) is 4.99 Å². The van der Waals surface area contributed by atoms with Crippen LogP contribution >= 0.6 is 0 Å². The van der Waals surface area contributed by atoms with Gasteiger partial charge in [-0.1, -0.05) is 73.2 Å². The summed E-state index contributed by atoms with van der Waals surface area (Å²) in [5, 5.41) is 19.8. The molecular weight excluding hydrogens is 436 g/mol. The van der Waals surface area contributed by atoms with Crippen molar-refractivity contribution in [1.82, 2.24) is 35.4 Å². The molecule has 1 unspecified atom stereocenters. The molecule has 1 N–H and O–H groups in total. The lowest BCUT2D eigenvalue weighted by atomic mass is 9.76. The molecule has 3 heterocycles. The second-order valence-corrected chi connectivity index (χ2v) is 8.94. The van der Waals surface area contributed by atoms with E-state index in [9.17, 15) is 0 Å². The first kappa shape index (κ1) is 22.8. The molecule has 0 saturated carbocycles. The van der Waals surface area contributed by atoms with Crippen molar-refractivity contribution in [3.63, 3.8) is 0 Å². The highest BCUT2D eigenvalue weighted by atomic mass is 15.5. The van der Waals surface area contributed by atoms with Gasteiger partial charge in [-0.3, -0.25) is 4.99 Å². The number of rotatable bonds is 10. The van der Waals surface area contributed by atoms with Gasteiger partial charge in [0, 0.05) is 38.2 Å². The molecule has 1 aliphatic heterocycles. The monoisotopic (exact) mass is 466 g/mol. The Kier molecular flexibility index (Phi) is 6.88. The van der Waals surface area contributed by atoms with Crippen LogP contribution in [0, 0.1) is 0 Å². The predicted molar refractivity (Wildman–Crippen MR) is 135 cm³/mol. The Labute approximate surface area is 205 Å². The van der Waals surface area contributed by atoms with E-state index < -0.39 is 5.41 Å². The second-order valence-electron chi connectivity index (χ2n) is 8.94. The van der Waals surface area contributed by atoms with Crippen LogP contribution in [0.1, 0.15) is 60.3 Å². The highest BCUT2D eigenvalue weighted by Gasteiger charge is 2.36. The number of benzene rings is 2. The number of tetrazole rings is 1. The van der Waals surface area contributed by atoms with Gasteiger partial charge in [0.25, 0.3) is 0 Å². The van der Waals surface area contributed by atoms with E-state index in [0.717, 1.165) is 55.9 Å². The van der Waals surface area contributed by atoms with Crippen LogP contribution in [-0.4, -0.2) is 41.6 Å². The van der Waals surface area contributed by atoms with E-state index in [-0.39, 0.29) is 0 Å². The van der Waals surface area contributed by atoms with E-state index in [1.807, 2.05) is 18.4 Å². The predicted octanol–water partition coefficient (Wildman–Crippen LogP) is 4.24. The van der Waals surface area contributed by atoms with E-state index in [0.29, 0.717) is 12.2 Å². The Morgan fingerprint density at radius 2 is 1.86 bits per heavy atom. The number of hydrogen-bond donors (Lipinski definition) is 1. The summed E-state index contributed by atoms with van der Waals surface area (Å²) in [5.74, 6) is 2.58. The molecule has 0 spiro atoms. The maximum absolute atomic E-state index is 4.93. The van der Waals surface area contributed by atoms with E-state index in [1.165, 1.54) is 11.1 Å². The number of aryl methyl sites for hydroxylation is 3. The Morgan fingerprint density at radius 1 is 1.00 bits per heavy atom. The summed E-state index contributed by atoms with van der Waals surface area (Å²) < 4.78 is 2.10. The van der Waals surface area contributed by atoms with Crippen LogP contribution in [0.5, 0.6) is 0 Å². The molecule has 0 saturated heterocycles. The van der Waals surface area contributed by atoms with Gasteiger partial charge >= 0.3 is 0 Å². The van der Waals surface area contributed by atoms with Gasteiger partial charge in [-0.2, -0.15) is 10.3 Å². The number of hydrogen-bond acceptors (Lipinski definition) is 6. The Hall–Kier alpha value is -3.94. The minimum atomic E-state index is -0.459. The van der Waals surface area contributed by atoms with Crippen LogP contribution in [-0.2, 0) is 31.2 Å². The zero-order chi connectivity index (χ0) is 23.9. The summed E-state index contributed by atoms with van der Waals surface area (Å²) in [6, 6.07) is 19.2. The molecule has 0 radical (unpaired) electrons. The number of nitrogens with zero attached hydrogens (tertiary/aromatic N) is 7. The van der Waals surface area contributed by atoms with Gasteiger partial charge in [0.2, 0.25) is 0 Å². The van der Waals surface area contributed by atoms with Crippen LogP contribution in [0.2, 0.25) is 0 Å². The highest BCUT2D eigenvalue weighted by Crippen LogP contribution is 2.36. The van der Waals surface area contributed by atoms with Crippen LogP contribution in [0.3, 0.4) is 0 Å². The SMILES string of the molecule is CCCCn1nc(CCc2ccccc2)nc1Cc1ccc(C2(c3nn[nH]n3)C=CN=CC2)cc1. The summed E-state index contributed by atoms with van der Waals surface area (Å²) >= 11 is 0. The molecule has 2 aromatic carbocycles. The van der Waals surface area contributed by atoms with Gasteiger partial charge in [-0.25, -0.2) is 9.67 Å². The van der Waals surface area contributed by atoms with E-state index in [1.54, 1.807) is 6.20 Å². The molecule has 5 rings (SSSR count).